The lowest BCUT2D eigenvalue weighted by atomic mass is 9.88. The molecule has 0 saturated carbocycles. The Morgan fingerprint density at radius 2 is 1.91 bits per heavy atom. The van der Waals surface area contributed by atoms with Gasteiger partial charge < -0.3 is 15.9 Å². The molecule has 0 spiro atoms. The third kappa shape index (κ3) is 4.53. The molecule has 1 unspecified atom stereocenters. The molecule has 2 amide bonds. The molecule has 2 aromatic rings. The molecule has 180 valence electrons. The summed E-state index contributed by atoms with van der Waals surface area (Å²) in [5.41, 5.74) is 11.1. The lowest BCUT2D eigenvalue weighted by Gasteiger charge is -2.32. The molecule has 1 aliphatic rings. The van der Waals surface area contributed by atoms with Crippen LogP contribution < -0.4 is 11.5 Å². The highest BCUT2D eigenvalue weighted by Gasteiger charge is 2.45. The molecule has 3 rings (SSSR count). The van der Waals surface area contributed by atoms with Crippen molar-refractivity contribution in [1.29, 1.82) is 10.5 Å². The maximum atomic E-state index is 13.3. The number of hydrogen-bond donors (Lipinski definition) is 4. The normalized spacial score (nSPS) is 17.1. The first-order valence-corrected chi connectivity index (χ1v) is 10.1. The fourth-order valence-electron chi connectivity index (χ4n) is 3.96. The lowest BCUT2D eigenvalue weighted by Crippen LogP contribution is -2.53. The number of amides is 2. The third-order valence-corrected chi connectivity index (χ3v) is 5.56. The quantitative estimate of drug-likeness (QED) is 0.486. The Kier molecular flexibility index (Phi) is 6.82. The molecule has 2 aromatic carbocycles. The molecule has 2 atom stereocenters. The number of aliphatic hydroxyl groups is 2. The van der Waals surface area contributed by atoms with E-state index in [9.17, 15) is 38.7 Å². The molecule has 0 bridgehead atoms. The number of halogens is 3. The summed E-state index contributed by atoms with van der Waals surface area (Å²) in [4.78, 5) is 13.3. The van der Waals surface area contributed by atoms with E-state index in [1.54, 1.807) is 0 Å². The van der Waals surface area contributed by atoms with Gasteiger partial charge in [0.15, 0.2) is 6.04 Å². The average Bonchev–Trinajstić information content (AvgIpc) is 2.82. The number of allylic oxidation sites excluding steroid dienone is 1. The van der Waals surface area contributed by atoms with Gasteiger partial charge in [-0.25, -0.2) is 9.37 Å². The smallest absolute Gasteiger partial charge is 0.393 e. The Labute approximate surface area is 197 Å². The van der Waals surface area contributed by atoms with Crippen LogP contribution in [0.1, 0.15) is 41.3 Å². The number of alkyl halides is 3. The van der Waals surface area contributed by atoms with Gasteiger partial charge in [0.05, 0.1) is 29.5 Å². The van der Waals surface area contributed by atoms with Crippen LogP contribution >= 0.6 is 0 Å². The highest BCUT2D eigenvalue weighted by molar-refractivity contribution is 5.95. The molecule has 35 heavy (non-hydrogen) atoms. The molecule has 0 radical (unpaired) electrons. The van der Waals surface area contributed by atoms with Crippen LogP contribution in [0.2, 0.25) is 0 Å². The fraction of sp³-hybridized carbons (Fsp3) is 0.217. The first kappa shape index (κ1) is 25.2. The van der Waals surface area contributed by atoms with Gasteiger partial charge in [0.2, 0.25) is 0 Å². The second-order valence-electron chi connectivity index (χ2n) is 7.62. The molecular weight excluding hydrogens is 465 g/mol. The second-order valence-corrected chi connectivity index (χ2v) is 7.62. The monoisotopic (exact) mass is 485 g/mol. The van der Waals surface area contributed by atoms with Crippen LogP contribution in [-0.2, 0) is 6.18 Å². The minimum atomic E-state index is -4.65. The number of carbonyl (C=O) groups excluding carboxylic acids is 1. The van der Waals surface area contributed by atoms with Crippen molar-refractivity contribution in [3.63, 3.8) is 0 Å². The van der Waals surface area contributed by atoms with Gasteiger partial charge in [0.25, 0.3) is 0 Å². The summed E-state index contributed by atoms with van der Waals surface area (Å²) < 4.78 is 41.0. The molecule has 0 aromatic heterocycles. The number of nitrogens with zero attached hydrogens (tertiary/aromatic N) is 4. The van der Waals surface area contributed by atoms with E-state index >= 15 is 0 Å². The number of carbonyl (C=O) groups is 1. The zero-order valence-electron chi connectivity index (χ0n) is 18.3. The fourth-order valence-corrected chi connectivity index (χ4v) is 3.96. The minimum absolute atomic E-state index is 0.0451. The number of guanidine groups is 1. The molecule has 6 N–H and O–H groups in total. The molecule has 0 fully saturated rings. The van der Waals surface area contributed by atoms with E-state index in [1.165, 1.54) is 31.2 Å². The minimum Gasteiger partial charge on any atom is -0.393 e. The number of primary amides is 1. The Bertz CT molecular complexity index is 1340. The number of benzene rings is 2. The molecule has 1 heterocycles. The number of nitriles is 2. The van der Waals surface area contributed by atoms with Gasteiger partial charge in [-0.2, -0.15) is 28.6 Å². The number of nitrogens with two attached hydrogens (primary N) is 2. The van der Waals surface area contributed by atoms with E-state index in [0.29, 0.717) is 0 Å². The molecule has 0 aliphatic carbocycles. The van der Waals surface area contributed by atoms with Crippen LogP contribution in [0.4, 0.5) is 23.7 Å². The second kappa shape index (κ2) is 9.46. The van der Waals surface area contributed by atoms with Crippen LogP contribution in [0, 0.1) is 22.7 Å². The highest BCUT2D eigenvalue weighted by atomic mass is 19.4. The Balaban J connectivity index is 2.33. The van der Waals surface area contributed by atoms with Crippen molar-refractivity contribution >= 4 is 17.7 Å². The first-order chi connectivity index (χ1) is 16.5. The van der Waals surface area contributed by atoms with Gasteiger partial charge >= 0.3 is 18.2 Å². The van der Waals surface area contributed by atoms with Crippen molar-refractivity contribution in [2.24, 2.45) is 11.5 Å². The summed E-state index contributed by atoms with van der Waals surface area (Å²) in [5, 5.41) is 39.1. The Morgan fingerprint density at radius 3 is 2.46 bits per heavy atom. The van der Waals surface area contributed by atoms with Crippen molar-refractivity contribution < 1.29 is 32.8 Å². The number of rotatable bonds is 4. The highest BCUT2D eigenvalue weighted by Crippen LogP contribution is 2.40. The van der Waals surface area contributed by atoms with Crippen molar-refractivity contribution in [2.45, 2.75) is 25.2 Å². The van der Waals surface area contributed by atoms with Crippen molar-refractivity contribution in [3.8, 4) is 12.1 Å². The van der Waals surface area contributed by atoms with Crippen molar-refractivity contribution in [3.05, 3.63) is 76.0 Å². The van der Waals surface area contributed by atoms with Crippen LogP contribution in [0.3, 0.4) is 0 Å². The van der Waals surface area contributed by atoms with Gasteiger partial charge in [-0.1, -0.05) is 12.1 Å². The van der Waals surface area contributed by atoms with E-state index in [-0.39, 0.29) is 39.6 Å². The predicted octanol–water partition coefficient (Wildman–Crippen LogP) is 2.49. The van der Waals surface area contributed by atoms with Gasteiger partial charge in [0.1, 0.15) is 23.4 Å². The molecule has 9 nitrogen and oxygen atoms in total. The molecule has 12 heteroatoms. The summed E-state index contributed by atoms with van der Waals surface area (Å²) in [7, 11) is 0. The third-order valence-electron chi connectivity index (χ3n) is 5.56. The SMILES string of the molecule is CC1=C(C#N)[C@@H](c2ccc(C#N)cc2C(O)CO)N(C(N)=O)C(N)=[N+]1c1cccc(C(F)(F)F)c1. The zero-order valence-corrected chi connectivity index (χ0v) is 18.3. The maximum absolute atomic E-state index is 13.3. The molecular formula is C23H20F3N6O3+. The van der Waals surface area contributed by atoms with Crippen LogP contribution in [0.25, 0.3) is 0 Å². The van der Waals surface area contributed by atoms with E-state index in [2.05, 4.69) is 0 Å². The van der Waals surface area contributed by atoms with E-state index in [4.69, 9.17) is 11.5 Å². The summed E-state index contributed by atoms with van der Waals surface area (Å²) in [5.74, 6) is -0.382. The topological polar surface area (TPSA) is 163 Å². The standard InChI is InChI=1S/C23H19F3N6O3/c1-12-18(10-28)20(16-6-5-13(9-27)7-17(16)19(34)11-33)32(22(30)35)21(29)31(12)15-4-2-3-14(8-15)23(24,25)26/h2-8,19-20,29,33-34H,11H2,1H3,(H2,30,35)/p+1/t19?,20-/m1/s1. The van der Waals surface area contributed by atoms with E-state index in [0.717, 1.165) is 27.7 Å². The number of urea groups is 1. The summed E-state index contributed by atoms with van der Waals surface area (Å²) in [6.45, 7) is 0.702. The number of aliphatic hydroxyl groups excluding tert-OH is 2. The van der Waals surface area contributed by atoms with E-state index in [1.807, 2.05) is 12.1 Å². The van der Waals surface area contributed by atoms with Crippen LogP contribution in [0.5, 0.6) is 0 Å². The van der Waals surface area contributed by atoms with Crippen LogP contribution in [-0.4, -0.2) is 38.3 Å². The Hall–Kier alpha value is -4.39. The Morgan fingerprint density at radius 1 is 1.23 bits per heavy atom. The zero-order chi connectivity index (χ0) is 26.1. The maximum Gasteiger partial charge on any atom is 0.416 e. The average molecular weight is 485 g/mol. The molecule has 1 aliphatic heterocycles. The lowest BCUT2D eigenvalue weighted by molar-refractivity contribution is -0.396. The van der Waals surface area contributed by atoms with Gasteiger partial charge in [-0.05, 0) is 42.8 Å². The summed E-state index contributed by atoms with van der Waals surface area (Å²) in [6.07, 6.45) is -6.13. The summed E-state index contributed by atoms with van der Waals surface area (Å²) >= 11 is 0. The number of hydrogen-bond acceptors (Lipinski definition) is 6. The van der Waals surface area contributed by atoms with Gasteiger partial charge in [-0.3, -0.25) is 5.73 Å². The van der Waals surface area contributed by atoms with E-state index < -0.39 is 36.5 Å². The summed E-state index contributed by atoms with van der Waals surface area (Å²) in [6, 6.07) is 9.63. The van der Waals surface area contributed by atoms with Crippen molar-refractivity contribution in [2.75, 3.05) is 6.61 Å². The van der Waals surface area contributed by atoms with Gasteiger partial charge in [0, 0.05) is 5.56 Å². The largest absolute Gasteiger partial charge is 0.416 e. The predicted molar refractivity (Wildman–Crippen MR) is 116 cm³/mol. The van der Waals surface area contributed by atoms with Crippen LogP contribution in [0.15, 0.2) is 53.7 Å². The van der Waals surface area contributed by atoms with Crippen molar-refractivity contribution in [1.82, 2.24) is 4.90 Å². The molecule has 0 saturated heterocycles. The first-order valence-electron chi connectivity index (χ1n) is 10.1. The van der Waals surface area contributed by atoms with Gasteiger partial charge in [-0.15, -0.1) is 0 Å².